The molecule has 0 spiro atoms. The number of aromatic nitrogens is 5. The maximum atomic E-state index is 5.02. The summed E-state index contributed by atoms with van der Waals surface area (Å²) in [6.07, 6.45) is 9.68. The quantitative estimate of drug-likeness (QED) is 0.298. The molecule has 1 fully saturated rings. The van der Waals surface area contributed by atoms with Crippen molar-refractivity contribution in [2.45, 2.75) is 58.4 Å². The summed E-state index contributed by atoms with van der Waals surface area (Å²) in [6.45, 7) is 13.6. The minimum Gasteiger partial charge on any atom is -0.371 e. The van der Waals surface area contributed by atoms with E-state index in [9.17, 15) is 0 Å². The number of nitrogens with one attached hydrogen (secondary N) is 1. The summed E-state index contributed by atoms with van der Waals surface area (Å²) < 4.78 is 4.35. The van der Waals surface area contributed by atoms with Crippen LogP contribution in [0.15, 0.2) is 55.3 Å². The van der Waals surface area contributed by atoms with Crippen LogP contribution < -0.4 is 10.2 Å². The molecule has 0 atom stereocenters. The third-order valence-electron chi connectivity index (χ3n) is 8.01. The molecular formula is C31H37N7. The smallest absolute Gasteiger partial charge is 0.208 e. The molecule has 6 rings (SSSR count). The third-order valence-corrected chi connectivity index (χ3v) is 8.01. The van der Waals surface area contributed by atoms with E-state index in [0.29, 0.717) is 0 Å². The first-order valence-electron chi connectivity index (χ1n) is 13.8. The number of fused-ring (bicyclic) bond motifs is 7. The molecule has 0 radical (unpaired) electrons. The van der Waals surface area contributed by atoms with Crippen molar-refractivity contribution in [1.82, 2.24) is 24.3 Å². The summed E-state index contributed by atoms with van der Waals surface area (Å²) >= 11 is 0. The second-order valence-electron chi connectivity index (χ2n) is 10.8. The summed E-state index contributed by atoms with van der Waals surface area (Å²) in [5, 5.41) is 8.13. The Morgan fingerprint density at radius 1 is 0.895 bits per heavy atom. The van der Waals surface area contributed by atoms with Crippen molar-refractivity contribution in [3.63, 3.8) is 0 Å². The molecule has 5 heterocycles. The highest BCUT2D eigenvalue weighted by Crippen LogP contribution is 2.31. The highest BCUT2D eigenvalue weighted by molar-refractivity contribution is 5.85. The fourth-order valence-corrected chi connectivity index (χ4v) is 5.79. The summed E-state index contributed by atoms with van der Waals surface area (Å²) in [5.41, 5.74) is 10.9. The predicted molar refractivity (Wildman–Crippen MR) is 156 cm³/mol. The van der Waals surface area contributed by atoms with E-state index in [1.807, 2.05) is 24.9 Å². The van der Waals surface area contributed by atoms with Crippen LogP contribution in [0.5, 0.6) is 0 Å². The number of anilines is 2. The minimum atomic E-state index is 0.823. The van der Waals surface area contributed by atoms with Crippen LogP contribution in [0, 0.1) is 6.92 Å². The molecule has 38 heavy (non-hydrogen) atoms. The van der Waals surface area contributed by atoms with Gasteiger partial charge in [0, 0.05) is 60.6 Å². The molecule has 3 aromatic heterocycles. The van der Waals surface area contributed by atoms with Gasteiger partial charge in [0.15, 0.2) is 0 Å². The maximum absolute atomic E-state index is 5.02. The van der Waals surface area contributed by atoms with Gasteiger partial charge in [-0.05, 0) is 69.4 Å². The van der Waals surface area contributed by atoms with Gasteiger partial charge in [0.1, 0.15) is 0 Å². The summed E-state index contributed by atoms with van der Waals surface area (Å²) in [4.78, 5) is 12.4. The molecule has 0 saturated carbocycles. The number of benzene rings is 1. The van der Waals surface area contributed by atoms with Crippen LogP contribution >= 0.6 is 0 Å². The van der Waals surface area contributed by atoms with Crippen molar-refractivity contribution in [1.29, 1.82) is 0 Å². The number of rotatable bonds is 1. The standard InChI is InChI=1S/C31H37N7/c1-21-12-15-37(16-13-21)25-10-11-27-30(19-25)38-14-8-6-5-7-9-29-26(20-32-36(29)4)28-18-24(17-22(2)33-28)23(3)34-31(38)35-27/h10-11,17-20H,1,3,5-9,12-16H2,2,4H3,(H,34,35). The van der Waals surface area contributed by atoms with Gasteiger partial charge in [0.25, 0.3) is 0 Å². The lowest BCUT2D eigenvalue weighted by Crippen LogP contribution is -2.30. The van der Waals surface area contributed by atoms with E-state index in [1.54, 1.807) is 0 Å². The molecule has 196 valence electrons. The number of aryl methyl sites for hydroxylation is 3. The SMILES string of the molecule is C=C1CCN(c2ccc3nc4n(c3c2)CCCCCCc2c(cnn2C)-c2cc(cc(C)n2)C(=C)N4)CC1. The Bertz CT molecular complexity index is 1510. The predicted octanol–water partition coefficient (Wildman–Crippen LogP) is 6.50. The van der Waals surface area contributed by atoms with Crippen LogP contribution in [0.3, 0.4) is 0 Å². The molecular weight excluding hydrogens is 470 g/mol. The van der Waals surface area contributed by atoms with Gasteiger partial charge in [-0.25, -0.2) is 4.98 Å². The van der Waals surface area contributed by atoms with E-state index in [4.69, 9.17) is 9.97 Å². The first kappa shape index (κ1) is 24.5. The van der Waals surface area contributed by atoms with Gasteiger partial charge < -0.3 is 14.8 Å². The molecule has 1 N–H and O–H groups in total. The lowest BCUT2D eigenvalue weighted by molar-refractivity contribution is 0.573. The first-order valence-corrected chi connectivity index (χ1v) is 13.8. The molecule has 7 nitrogen and oxygen atoms in total. The Balaban J connectivity index is 1.38. The summed E-state index contributed by atoms with van der Waals surface area (Å²) in [6, 6.07) is 10.9. The zero-order chi connectivity index (χ0) is 26.2. The number of hydrogen-bond donors (Lipinski definition) is 1. The van der Waals surface area contributed by atoms with Gasteiger partial charge >= 0.3 is 0 Å². The van der Waals surface area contributed by atoms with Crippen molar-refractivity contribution in [3.05, 3.63) is 72.2 Å². The molecule has 1 saturated heterocycles. The number of pyridine rings is 1. The fourth-order valence-electron chi connectivity index (χ4n) is 5.79. The van der Waals surface area contributed by atoms with Gasteiger partial charge in [-0.15, -0.1) is 0 Å². The van der Waals surface area contributed by atoms with Crippen LogP contribution in [0.4, 0.5) is 11.6 Å². The van der Waals surface area contributed by atoms with Gasteiger partial charge in [0.05, 0.1) is 22.9 Å². The van der Waals surface area contributed by atoms with E-state index >= 15 is 0 Å². The Morgan fingerprint density at radius 2 is 1.71 bits per heavy atom. The molecule has 0 unspecified atom stereocenters. The monoisotopic (exact) mass is 507 g/mol. The molecule has 0 amide bonds. The topological polar surface area (TPSA) is 63.8 Å². The maximum Gasteiger partial charge on any atom is 0.208 e. The average molecular weight is 508 g/mol. The Morgan fingerprint density at radius 3 is 2.55 bits per heavy atom. The van der Waals surface area contributed by atoms with Crippen molar-refractivity contribution >= 4 is 28.4 Å². The lowest BCUT2D eigenvalue weighted by Gasteiger charge is -2.30. The second kappa shape index (κ2) is 10.1. The normalized spacial score (nSPS) is 16.9. The Kier molecular flexibility index (Phi) is 6.52. The molecule has 1 aromatic carbocycles. The van der Waals surface area contributed by atoms with Gasteiger partial charge in [-0.1, -0.05) is 31.6 Å². The number of piperidine rings is 1. The van der Waals surface area contributed by atoms with Gasteiger partial charge in [0.2, 0.25) is 5.95 Å². The van der Waals surface area contributed by atoms with Gasteiger partial charge in [-0.2, -0.15) is 5.10 Å². The minimum absolute atomic E-state index is 0.823. The van der Waals surface area contributed by atoms with Crippen molar-refractivity contribution in [2.75, 3.05) is 23.3 Å². The third kappa shape index (κ3) is 4.73. The number of hydrogen-bond acceptors (Lipinski definition) is 5. The highest BCUT2D eigenvalue weighted by atomic mass is 15.3. The van der Waals surface area contributed by atoms with E-state index < -0.39 is 0 Å². The fraction of sp³-hybridized carbons (Fsp3) is 0.387. The molecule has 2 bridgehead atoms. The lowest BCUT2D eigenvalue weighted by atomic mass is 10.0. The zero-order valence-corrected chi connectivity index (χ0v) is 22.6. The van der Waals surface area contributed by atoms with E-state index in [2.05, 4.69) is 63.4 Å². The van der Waals surface area contributed by atoms with Gasteiger partial charge in [-0.3, -0.25) is 9.67 Å². The largest absolute Gasteiger partial charge is 0.371 e. The van der Waals surface area contributed by atoms with Crippen LogP contribution in [0.25, 0.3) is 28.0 Å². The van der Waals surface area contributed by atoms with Crippen LogP contribution in [-0.2, 0) is 20.0 Å². The average Bonchev–Trinajstić information content (AvgIpc) is 3.44. The van der Waals surface area contributed by atoms with Crippen LogP contribution in [0.2, 0.25) is 0 Å². The zero-order valence-electron chi connectivity index (χ0n) is 22.6. The van der Waals surface area contributed by atoms with E-state index in [0.717, 1.165) is 91.4 Å². The molecule has 2 aliphatic rings. The summed E-state index contributed by atoms with van der Waals surface area (Å²) in [5.74, 6) is 0.849. The van der Waals surface area contributed by atoms with Crippen molar-refractivity contribution in [2.24, 2.45) is 7.05 Å². The molecule has 7 heteroatoms. The van der Waals surface area contributed by atoms with Crippen molar-refractivity contribution < 1.29 is 0 Å². The van der Waals surface area contributed by atoms with E-state index in [-0.39, 0.29) is 0 Å². The molecule has 0 aliphatic carbocycles. The van der Waals surface area contributed by atoms with Crippen LogP contribution in [0.1, 0.15) is 55.5 Å². The molecule has 4 aromatic rings. The number of imidazole rings is 1. The second-order valence-corrected chi connectivity index (χ2v) is 10.8. The van der Waals surface area contributed by atoms with Crippen molar-refractivity contribution in [3.8, 4) is 11.3 Å². The first-order chi connectivity index (χ1) is 18.5. The summed E-state index contributed by atoms with van der Waals surface area (Å²) in [7, 11) is 2.03. The van der Waals surface area contributed by atoms with E-state index in [1.165, 1.54) is 35.3 Å². The molecule has 2 aliphatic heterocycles. The number of nitrogens with zero attached hydrogens (tertiary/aromatic N) is 6. The highest BCUT2D eigenvalue weighted by Gasteiger charge is 2.19. The van der Waals surface area contributed by atoms with Crippen LogP contribution in [-0.4, -0.2) is 37.4 Å². The Labute approximate surface area is 224 Å². The Hall–Kier alpha value is -3.87.